The number of carbonyl (C=O) groups excluding carboxylic acids is 2. The van der Waals surface area contributed by atoms with E-state index in [1.165, 1.54) is 31.8 Å². The van der Waals surface area contributed by atoms with E-state index in [1.807, 2.05) is 24.3 Å². The fourth-order valence-electron chi connectivity index (χ4n) is 3.77. The fraction of sp³-hybridized carbons (Fsp3) is 0.429. The molecule has 2 aromatic rings. The summed E-state index contributed by atoms with van der Waals surface area (Å²) in [5.74, 6) is 0.399. The van der Waals surface area contributed by atoms with Gasteiger partial charge >= 0.3 is 11.9 Å². The van der Waals surface area contributed by atoms with Gasteiger partial charge in [-0.25, -0.2) is 9.59 Å². The Hall–Kier alpha value is -3.08. The minimum atomic E-state index is -0.483. The molecule has 176 valence electrons. The molecule has 0 spiro atoms. The topological polar surface area (TPSA) is 61.8 Å². The first-order valence-corrected chi connectivity index (χ1v) is 12.1. The highest BCUT2D eigenvalue weighted by atomic mass is 16.5. The number of hydrogen-bond donors (Lipinski definition) is 0. The average molecular weight is 451 g/mol. The molecule has 33 heavy (non-hydrogen) atoms. The molecule has 0 radical (unpaired) electrons. The lowest BCUT2D eigenvalue weighted by Crippen LogP contribution is -2.20. The number of benzene rings is 2. The summed E-state index contributed by atoms with van der Waals surface area (Å²) in [5, 5.41) is 0. The smallest absolute Gasteiger partial charge is 0.338 e. The van der Waals surface area contributed by atoms with E-state index in [1.54, 1.807) is 30.3 Å². The van der Waals surface area contributed by atoms with E-state index in [0.717, 1.165) is 50.0 Å². The normalized spacial score (nSPS) is 14.2. The van der Waals surface area contributed by atoms with Gasteiger partial charge in [-0.3, -0.25) is 0 Å². The van der Waals surface area contributed by atoms with Crippen LogP contribution in [0.4, 0.5) is 0 Å². The molecule has 0 unspecified atom stereocenters. The van der Waals surface area contributed by atoms with Crippen molar-refractivity contribution in [2.45, 2.75) is 70.8 Å². The van der Waals surface area contributed by atoms with Gasteiger partial charge < -0.3 is 14.2 Å². The van der Waals surface area contributed by atoms with Crippen molar-refractivity contribution < 1.29 is 23.8 Å². The molecule has 1 fully saturated rings. The molecular weight excluding hydrogens is 416 g/mol. The summed E-state index contributed by atoms with van der Waals surface area (Å²) >= 11 is 0. The Balaban J connectivity index is 1.42. The second-order valence-electron chi connectivity index (χ2n) is 8.42. The van der Waals surface area contributed by atoms with Gasteiger partial charge in [-0.1, -0.05) is 44.7 Å². The van der Waals surface area contributed by atoms with Gasteiger partial charge in [0, 0.05) is 6.08 Å². The number of esters is 2. The third-order valence-electron chi connectivity index (χ3n) is 5.69. The highest BCUT2D eigenvalue weighted by Gasteiger charge is 2.18. The van der Waals surface area contributed by atoms with Crippen LogP contribution >= 0.6 is 0 Å². The van der Waals surface area contributed by atoms with Crippen LogP contribution in [0.25, 0.3) is 6.08 Å². The zero-order valence-corrected chi connectivity index (χ0v) is 19.5. The van der Waals surface area contributed by atoms with Crippen molar-refractivity contribution in [1.82, 2.24) is 0 Å². The summed E-state index contributed by atoms with van der Waals surface area (Å²) in [6, 6.07) is 14.1. The maximum atomic E-state index is 12.3. The summed E-state index contributed by atoms with van der Waals surface area (Å²) in [4.78, 5) is 24.4. The molecule has 0 N–H and O–H groups in total. The monoisotopic (exact) mass is 450 g/mol. The predicted octanol–water partition coefficient (Wildman–Crippen LogP) is 6.75. The molecule has 0 aromatic heterocycles. The molecule has 5 heteroatoms. The Morgan fingerprint density at radius 1 is 0.879 bits per heavy atom. The first kappa shape index (κ1) is 24.6. The predicted molar refractivity (Wildman–Crippen MR) is 129 cm³/mol. The maximum Gasteiger partial charge on any atom is 0.338 e. The highest BCUT2D eigenvalue weighted by Crippen LogP contribution is 2.22. The molecule has 1 aliphatic carbocycles. The first-order chi connectivity index (χ1) is 16.1. The molecule has 1 saturated carbocycles. The van der Waals surface area contributed by atoms with Crippen LogP contribution in [0, 0.1) is 0 Å². The molecule has 0 saturated heterocycles. The Morgan fingerprint density at radius 3 is 2.27 bits per heavy atom. The van der Waals surface area contributed by atoms with Gasteiger partial charge in [0.15, 0.2) is 0 Å². The molecule has 2 aromatic carbocycles. The van der Waals surface area contributed by atoms with E-state index < -0.39 is 5.97 Å². The van der Waals surface area contributed by atoms with Crippen molar-refractivity contribution in [3.8, 4) is 11.5 Å². The van der Waals surface area contributed by atoms with Crippen molar-refractivity contribution in [2.24, 2.45) is 0 Å². The molecule has 0 aliphatic heterocycles. The molecule has 1 aliphatic rings. The zero-order chi connectivity index (χ0) is 23.3. The van der Waals surface area contributed by atoms with Crippen LogP contribution in [0.5, 0.6) is 11.5 Å². The Labute approximate surface area is 196 Å². The van der Waals surface area contributed by atoms with E-state index in [4.69, 9.17) is 14.2 Å². The van der Waals surface area contributed by atoms with Crippen LogP contribution in [0.2, 0.25) is 0 Å². The lowest BCUT2D eigenvalue weighted by Gasteiger charge is -2.21. The summed E-state index contributed by atoms with van der Waals surface area (Å²) < 4.78 is 16.6. The van der Waals surface area contributed by atoms with Crippen LogP contribution < -0.4 is 9.47 Å². The minimum absolute atomic E-state index is 0.0142. The van der Waals surface area contributed by atoms with Gasteiger partial charge in [-0.05, 0) is 80.1 Å². The van der Waals surface area contributed by atoms with Crippen LogP contribution in [0.1, 0.15) is 80.6 Å². The van der Waals surface area contributed by atoms with Crippen molar-refractivity contribution in [3.05, 3.63) is 65.7 Å². The number of rotatable bonds is 11. The van der Waals surface area contributed by atoms with E-state index in [9.17, 15) is 9.59 Å². The second kappa shape index (κ2) is 13.5. The third kappa shape index (κ3) is 8.76. The van der Waals surface area contributed by atoms with E-state index in [-0.39, 0.29) is 12.1 Å². The second-order valence-corrected chi connectivity index (χ2v) is 8.42. The van der Waals surface area contributed by atoms with Crippen LogP contribution in [-0.2, 0) is 9.53 Å². The lowest BCUT2D eigenvalue weighted by atomic mass is 9.98. The summed E-state index contributed by atoms with van der Waals surface area (Å²) in [7, 11) is 0. The summed E-state index contributed by atoms with van der Waals surface area (Å²) in [5.41, 5.74) is 1.34. The summed E-state index contributed by atoms with van der Waals surface area (Å²) in [6.45, 7) is 2.91. The molecular formula is C28H34O5. The van der Waals surface area contributed by atoms with Crippen LogP contribution in [0.15, 0.2) is 54.6 Å². The van der Waals surface area contributed by atoms with Gasteiger partial charge in [0.1, 0.15) is 17.6 Å². The molecule has 3 rings (SSSR count). The van der Waals surface area contributed by atoms with Crippen molar-refractivity contribution >= 4 is 18.0 Å². The average Bonchev–Trinajstić information content (AvgIpc) is 2.84. The lowest BCUT2D eigenvalue weighted by molar-refractivity contribution is -0.128. The van der Waals surface area contributed by atoms with Gasteiger partial charge in [-0.15, -0.1) is 0 Å². The third-order valence-corrected chi connectivity index (χ3v) is 5.69. The van der Waals surface area contributed by atoms with Gasteiger partial charge in [-0.2, -0.15) is 0 Å². The van der Waals surface area contributed by atoms with Gasteiger partial charge in [0.05, 0.1) is 12.2 Å². The van der Waals surface area contributed by atoms with Gasteiger partial charge in [0.25, 0.3) is 0 Å². The quantitative estimate of drug-likeness (QED) is 0.164. The van der Waals surface area contributed by atoms with Crippen LogP contribution in [-0.4, -0.2) is 24.6 Å². The Bertz CT molecular complexity index is 893. The largest absolute Gasteiger partial charge is 0.494 e. The SMILES string of the molecule is CCCCCCOc1ccc(/C=C/C(=O)Oc2ccc(C(=O)OC3CCCCC3)cc2)cc1. The van der Waals surface area contributed by atoms with Crippen LogP contribution in [0.3, 0.4) is 0 Å². The number of hydrogen-bond acceptors (Lipinski definition) is 5. The molecule has 0 amide bonds. The number of ether oxygens (including phenoxy) is 3. The van der Waals surface area contributed by atoms with E-state index in [2.05, 4.69) is 6.92 Å². The maximum absolute atomic E-state index is 12.3. The number of unbranched alkanes of at least 4 members (excludes halogenated alkanes) is 3. The van der Waals surface area contributed by atoms with E-state index in [0.29, 0.717) is 11.3 Å². The van der Waals surface area contributed by atoms with Crippen molar-refractivity contribution in [2.75, 3.05) is 6.61 Å². The van der Waals surface area contributed by atoms with Crippen molar-refractivity contribution in [3.63, 3.8) is 0 Å². The van der Waals surface area contributed by atoms with Gasteiger partial charge in [0.2, 0.25) is 0 Å². The zero-order valence-electron chi connectivity index (χ0n) is 19.5. The first-order valence-electron chi connectivity index (χ1n) is 12.1. The standard InChI is InChI=1S/C28H34O5/c1-2-3-4-8-21-31-24-16-11-22(12-17-24)13-20-27(29)32-26-18-14-23(15-19-26)28(30)33-25-9-6-5-7-10-25/h11-20,25H,2-10,21H2,1H3/b20-13+. The number of carbonyl (C=O) groups is 2. The molecule has 0 heterocycles. The molecule has 0 atom stereocenters. The minimum Gasteiger partial charge on any atom is -0.494 e. The fourth-order valence-corrected chi connectivity index (χ4v) is 3.77. The van der Waals surface area contributed by atoms with E-state index >= 15 is 0 Å². The van der Waals surface area contributed by atoms with Crippen molar-refractivity contribution in [1.29, 1.82) is 0 Å². The summed E-state index contributed by atoms with van der Waals surface area (Å²) in [6.07, 6.45) is 13.1. The molecule has 5 nitrogen and oxygen atoms in total. The Morgan fingerprint density at radius 2 is 1.58 bits per heavy atom. The molecule has 0 bridgehead atoms. The highest BCUT2D eigenvalue weighted by molar-refractivity contribution is 5.90. The Kier molecular flexibility index (Phi) is 10.0.